The zero-order chi connectivity index (χ0) is 14.8. The van der Waals surface area contributed by atoms with E-state index in [1.54, 1.807) is 36.4 Å². The molecule has 0 bridgehead atoms. The summed E-state index contributed by atoms with van der Waals surface area (Å²) in [6.45, 7) is -0.0831. The fourth-order valence-electron chi connectivity index (χ4n) is 2.23. The third-order valence-corrected chi connectivity index (χ3v) is 3.19. The minimum atomic E-state index is -0.418. The predicted octanol–water partition coefficient (Wildman–Crippen LogP) is 2.49. The molecule has 0 saturated heterocycles. The van der Waals surface area contributed by atoms with Crippen LogP contribution in [0.2, 0.25) is 0 Å². The van der Waals surface area contributed by atoms with E-state index in [1.165, 1.54) is 6.07 Å². The maximum atomic E-state index is 14.0. The molecule has 1 N–H and O–H groups in total. The number of carbonyl (C=O) groups is 1. The molecule has 21 heavy (non-hydrogen) atoms. The Morgan fingerprint density at radius 3 is 2.76 bits per heavy atom. The van der Waals surface area contributed by atoms with Crippen LogP contribution in [0.5, 0.6) is 0 Å². The minimum absolute atomic E-state index is 0.0831. The summed E-state index contributed by atoms with van der Waals surface area (Å²) >= 11 is 0. The molecular weight excluding hydrogens is 269 g/mol. The van der Waals surface area contributed by atoms with Gasteiger partial charge in [-0.1, -0.05) is 12.1 Å². The van der Waals surface area contributed by atoms with Crippen molar-refractivity contribution in [3.8, 4) is 6.07 Å². The second-order valence-corrected chi connectivity index (χ2v) is 4.57. The van der Waals surface area contributed by atoms with Crippen molar-refractivity contribution in [1.29, 1.82) is 5.26 Å². The van der Waals surface area contributed by atoms with E-state index in [-0.39, 0.29) is 12.5 Å². The van der Waals surface area contributed by atoms with Crippen molar-refractivity contribution in [2.75, 3.05) is 11.9 Å². The molecule has 1 aliphatic heterocycles. The van der Waals surface area contributed by atoms with Gasteiger partial charge in [0, 0.05) is 11.1 Å². The number of halogens is 1. The monoisotopic (exact) mass is 279 g/mol. The summed E-state index contributed by atoms with van der Waals surface area (Å²) in [5.41, 5.74) is 2.18. The Labute approximate surface area is 120 Å². The first-order valence-corrected chi connectivity index (χ1v) is 6.33. The molecule has 0 spiro atoms. The van der Waals surface area contributed by atoms with Crippen LogP contribution in [0, 0.1) is 17.1 Å². The van der Waals surface area contributed by atoms with Gasteiger partial charge in [0.1, 0.15) is 12.4 Å². The Morgan fingerprint density at radius 1 is 1.19 bits per heavy atom. The van der Waals surface area contributed by atoms with Gasteiger partial charge in [-0.2, -0.15) is 5.26 Å². The van der Waals surface area contributed by atoms with Crippen LogP contribution in [-0.2, 0) is 4.79 Å². The smallest absolute Gasteiger partial charge is 0.246 e. The Kier molecular flexibility index (Phi) is 3.20. The van der Waals surface area contributed by atoms with Crippen LogP contribution in [0.3, 0.4) is 0 Å². The molecule has 1 aliphatic rings. The summed E-state index contributed by atoms with van der Waals surface area (Å²) < 4.78 is 14.0. The van der Waals surface area contributed by atoms with Crippen molar-refractivity contribution in [2.24, 2.45) is 4.99 Å². The van der Waals surface area contributed by atoms with Crippen LogP contribution >= 0.6 is 0 Å². The van der Waals surface area contributed by atoms with Gasteiger partial charge in [0.25, 0.3) is 0 Å². The van der Waals surface area contributed by atoms with Crippen LogP contribution in [-0.4, -0.2) is 18.2 Å². The Balaban J connectivity index is 2.24. The molecule has 2 aromatic carbocycles. The number of nitrogens with one attached hydrogen (secondary N) is 1. The van der Waals surface area contributed by atoms with Crippen molar-refractivity contribution in [3.05, 3.63) is 65.0 Å². The van der Waals surface area contributed by atoms with Gasteiger partial charge in [0.05, 0.1) is 23.0 Å². The molecular formula is C16H10FN3O. The molecule has 4 nitrogen and oxygen atoms in total. The molecule has 102 valence electrons. The van der Waals surface area contributed by atoms with Gasteiger partial charge >= 0.3 is 0 Å². The highest BCUT2D eigenvalue weighted by atomic mass is 19.1. The zero-order valence-electron chi connectivity index (χ0n) is 10.9. The fraction of sp³-hybridized carbons (Fsp3) is 0.0625. The number of amides is 1. The number of benzodiazepines with no additional fused rings is 1. The number of nitrogens with zero attached hydrogens (tertiary/aromatic N) is 2. The lowest BCUT2D eigenvalue weighted by molar-refractivity contribution is -0.114. The summed E-state index contributed by atoms with van der Waals surface area (Å²) in [4.78, 5) is 15.9. The number of carbonyl (C=O) groups excluding carboxylic acids is 1. The molecule has 3 rings (SSSR count). The average Bonchev–Trinajstić information content (AvgIpc) is 2.65. The Morgan fingerprint density at radius 2 is 2.00 bits per heavy atom. The van der Waals surface area contributed by atoms with Crippen molar-refractivity contribution in [3.63, 3.8) is 0 Å². The third kappa shape index (κ3) is 2.39. The first-order chi connectivity index (χ1) is 10.2. The normalized spacial score (nSPS) is 13.5. The molecule has 2 aromatic rings. The molecule has 0 saturated carbocycles. The summed E-state index contributed by atoms with van der Waals surface area (Å²) in [5.74, 6) is -0.689. The molecule has 0 unspecified atom stereocenters. The van der Waals surface area contributed by atoms with Gasteiger partial charge < -0.3 is 5.32 Å². The first-order valence-electron chi connectivity index (χ1n) is 6.33. The van der Waals surface area contributed by atoms with Crippen LogP contribution in [0.15, 0.2) is 47.5 Å². The van der Waals surface area contributed by atoms with E-state index in [9.17, 15) is 9.18 Å². The average molecular weight is 279 g/mol. The van der Waals surface area contributed by atoms with E-state index in [4.69, 9.17) is 5.26 Å². The molecule has 0 aromatic heterocycles. The molecule has 1 heterocycles. The standard InChI is InChI=1S/C16H10FN3O/c17-13-4-2-1-3-11(13)16-12-7-10(8-18)5-6-14(12)20-15(21)9-19-16/h1-7H,9H2,(H,20,21). The highest BCUT2D eigenvalue weighted by Crippen LogP contribution is 2.25. The highest BCUT2D eigenvalue weighted by molar-refractivity contribution is 6.19. The molecule has 0 aliphatic carbocycles. The Hall–Kier alpha value is -3.00. The van der Waals surface area contributed by atoms with Crippen molar-refractivity contribution in [2.45, 2.75) is 0 Å². The first kappa shape index (κ1) is 13.0. The minimum Gasteiger partial charge on any atom is -0.324 e. The topological polar surface area (TPSA) is 65.2 Å². The number of benzene rings is 2. The van der Waals surface area contributed by atoms with Crippen molar-refractivity contribution in [1.82, 2.24) is 0 Å². The number of rotatable bonds is 1. The van der Waals surface area contributed by atoms with Gasteiger partial charge in [0.15, 0.2) is 0 Å². The van der Waals surface area contributed by atoms with Crippen molar-refractivity contribution < 1.29 is 9.18 Å². The fourth-order valence-corrected chi connectivity index (χ4v) is 2.23. The molecule has 0 atom stereocenters. The van der Waals surface area contributed by atoms with Crippen LogP contribution < -0.4 is 5.32 Å². The van der Waals surface area contributed by atoms with E-state index < -0.39 is 5.82 Å². The van der Waals surface area contributed by atoms with E-state index in [0.29, 0.717) is 28.1 Å². The zero-order valence-corrected chi connectivity index (χ0v) is 10.9. The van der Waals surface area contributed by atoms with Crippen LogP contribution in [0.4, 0.5) is 10.1 Å². The molecule has 0 fully saturated rings. The van der Waals surface area contributed by atoms with Gasteiger partial charge in [-0.25, -0.2) is 4.39 Å². The molecule has 5 heteroatoms. The lowest BCUT2D eigenvalue weighted by atomic mass is 9.98. The van der Waals surface area contributed by atoms with E-state index >= 15 is 0 Å². The summed E-state index contributed by atoms with van der Waals surface area (Å²) in [7, 11) is 0. The lowest BCUT2D eigenvalue weighted by Crippen LogP contribution is -2.13. The Bertz CT molecular complexity index is 805. The van der Waals surface area contributed by atoms with Gasteiger partial charge in [-0.3, -0.25) is 9.79 Å². The summed E-state index contributed by atoms with van der Waals surface area (Å²) in [5, 5.41) is 11.7. The lowest BCUT2D eigenvalue weighted by Gasteiger charge is -2.10. The maximum Gasteiger partial charge on any atom is 0.246 e. The number of hydrogen-bond donors (Lipinski definition) is 1. The van der Waals surface area contributed by atoms with Gasteiger partial charge in [-0.05, 0) is 30.3 Å². The van der Waals surface area contributed by atoms with Crippen LogP contribution in [0.1, 0.15) is 16.7 Å². The number of aliphatic imine (C=N–C) groups is 1. The quantitative estimate of drug-likeness (QED) is 0.871. The van der Waals surface area contributed by atoms with E-state index in [1.807, 2.05) is 6.07 Å². The summed E-state index contributed by atoms with van der Waals surface area (Å²) in [6.07, 6.45) is 0. The number of hydrogen-bond acceptors (Lipinski definition) is 3. The van der Waals surface area contributed by atoms with Crippen LogP contribution in [0.25, 0.3) is 0 Å². The number of anilines is 1. The maximum absolute atomic E-state index is 14.0. The largest absolute Gasteiger partial charge is 0.324 e. The third-order valence-electron chi connectivity index (χ3n) is 3.19. The second kappa shape index (κ2) is 5.17. The summed E-state index contributed by atoms with van der Waals surface area (Å²) in [6, 6.07) is 13.1. The SMILES string of the molecule is N#Cc1ccc2c(c1)C(c1ccccc1F)=NCC(=O)N2. The highest BCUT2D eigenvalue weighted by Gasteiger charge is 2.20. The predicted molar refractivity (Wildman–Crippen MR) is 76.7 cm³/mol. The van der Waals surface area contributed by atoms with E-state index in [2.05, 4.69) is 10.3 Å². The van der Waals surface area contributed by atoms with E-state index in [0.717, 1.165) is 0 Å². The number of fused-ring (bicyclic) bond motifs is 1. The van der Waals surface area contributed by atoms with Gasteiger partial charge in [0.2, 0.25) is 5.91 Å². The molecule has 0 radical (unpaired) electrons. The van der Waals surface area contributed by atoms with Crippen molar-refractivity contribution >= 4 is 17.3 Å². The van der Waals surface area contributed by atoms with Gasteiger partial charge in [-0.15, -0.1) is 0 Å². The number of nitriles is 1. The molecule has 1 amide bonds. The second-order valence-electron chi connectivity index (χ2n) is 4.57.